The zero-order valence-corrected chi connectivity index (χ0v) is 19.7. The van der Waals surface area contributed by atoms with E-state index in [-0.39, 0.29) is 29.3 Å². The Hall–Kier alpha value is -2.31. The number of benzene rings is 1. The number of ether oxygens (including phenoxy) is 3. The van der Waals surface area contributed by atoms with Crippen LogP contribution in [0.1, 0.15) is 38.7 Å². The van der Waals surface area contributed by atoms with E-state index in [0.717, 1.165) is 70.0 Å². The van der Waals surface area contributed by atoms with Crippen LogP contribution in [-0.2, 0) is 16.1 Å². The van der Waals surface area contributed by atoms with Crippen LogP contribution in [0, 0.1) is 17.3 Å². The summed E-state index contributed by atoms with van der Waals surface area (Å²) < 4.78 is 16.9. The third-order valence-corrected chi connectivity index (χ3v) is 8.46. The summed E-state index contributed by atoms with van der Waals surface area (Å²) in [6.45, 7) is 10.6. The summed E-state index contributed by atoms with van der Waals surface area (Å²) in [4.78, 5) is 17.8. The number of carbonyl (C=O) groups excluding carboxylic acids is 1. The molecule has 33 heavy (non-hydrogen) atoms. The maximum Gasteiger partial charge on any atom is 0.311 e. The van der Waals surface area contributed by atoms with Crippen molar-refractivity contribution < 1.29 is 19.0 Å². The van der Waals surface area contributed by atoms with E-state index >= 15 is 0 Å². The van der Waals surface area contributed by atoms with E-state index in [2.05, 4.69) is 47.9 Å². The second-order valence-electron chi connectivity index (χ2n) is 10.7. The highest BCUT2D eigenvalue weighted by molar-refractivity contribution is 5.76. The molecule has 1 aromatic rings. The molecule has 6 rings (SSSR count). The van der Waals surface area contributed by atoms with E-state index in [4.69, 9.17) is 14.2 Å². The molecule has 2 saturated heterocycles. The number of esters is 1. The van der Waals surface area contributed by atoms with Gasteiger partial charge in [-0.25, -0.2) is 0 Å². The fourth-order valence-electron chi connectivity index (χ4n) is 6.54. The van der Waals surface area contributed by atoms with Crippen LogP contribution < -0.4 is 9.47 Å². The molecule has 2 fully saturated rings. The van der Waals surface area contributed by atoms with E-state index < -0.39 is 0 Å². The zero-order chi connectivity index (χ0) is 22.6. The Morgan fingerprint density at radius 2 is 1.88 bits per heavy atom. The van der Waals surface area contributed by atoms with Gasteiger partial charge in [-0.05, 0) is 54.9 Å². The number of allylic oxidation sites excluding steroid dienone is 3. The normalized spacial score (nSPS) is 33.8. The summed E-state index contributed by atoms with van der Waals surface area (Å²) in [5.41, 5.74) is 4.28. The van der Waals surface area contributed by atoms with E-state index in [1.807, 2.05) is 6.07 Å². The molecule has 0 N–H and O–H groups in total. The first-order valence-corrected chi connectivity index (χ1v) is 12.4. The van der Waals surface area contributed by atoms with Crippen LogP contribution in [0.15, 0.2) is 41.5 Å². The van der Waals surface area contributed by atoms with Crippen molar-refractivity contribution >= 4 is 5.97 Å². The summed E-state index contributed by atoms with van der Waals surface area (Å²) in [7, 11) is 0. The maximum atomic E-state index is 12.9. The van der Waals surface area contributed by atoms with E-state index in [0.29, 0.717) is 6.79 Å². The summed E-state index contributed by atoms with van der Waals surface area (Å²) in [5, 5.41) is 0. The summed E-state index contributed by atoms with van der Waals surface area (Å²) in [6, 6.07) is 6.22. The Labute approximate surface area is 196 Å². The van der Waals surface area contributed by atoms with Crippen molar-refractivity contribution in [2.45, 2.75) is 45.8 Å². The van der Waals surface area contributed by atoms with Gasteiger partial charge in [-0.3, -0.25) is 14.6 Å². The second kappa shape index (κ2) is 8.17. The maximum absolute atomic E-state index is 12.9. The van der Waals surface area contributed by atoms with Crippen LogP contribution in [0.4, 0.5) is 0 Å². The zero-order valence-electron chi connectivity index (χ0n) is 19.7. The van der Waals surface area contributed by atoms with Crippen LogP contribution in [0.5, 0.6) is 11.5 Å². The highest BCUT2D eigenvalue weighted by Crippen LogP contribution is 2.52. The molecule has 6 heteroatoms. The molecule has 2 aliphatic carbocycles. The number of hydrogen-bond donors (Lipinski definition) is 0. The van der Waals surface area contributed by atoms with E-state index in [1.54, 1.807) is 0 Å². The summed E-state index contributed by atoms with van der Waals surface area (Å²) in [5.74, 6) is 1.87. The van der Waals surface area contributed by atoms with Crippen molar-refractivity contribution in [3.05, 3.63) is 47.1 Å². The number of piperazine rings is 1. The minimum Gasteiger partial charge on any atom is -0.461 e. The van der Waals surface area contributed by atoms with Gasteiger partial charge in [0.2, 0.25) is 6.79 Å². The largest absolute Gasteiger partial charge is 0.461 e. The highest BCUT2D eigenvalue weighted by Gasteiger charge is 2.51. The molecule has 6 nitrogen and oxygen atoms in total. The van der Waals surface area contributed by atoms with Crippen LogP contribution in [0.3, 0.4) is 0 Å². The van der Waals surface area contributed by atoms with Crippen molar-refractivity contribution in [1.29, 1.82) is 0 Å². The minimum atomic E-state index is -0.0396. The van der Waals surface area contributed by atoms with Gasteiger partial charge >= 0.3 is 5.97 Å². The molecule has 176 valence electrons. The number of rotatable bonds is 4. The van der Waals surface area contributed by atoms with Crippen LogP contribution in [0.2, 0.25) is 0 Å². The Balaban J connectivity index is 1.08. The topological polar surface area (TPSA) is 51.2 Å². The average molecular weight is 451 g/mol. The predicted octanol–water partition coefficient (Wildman–Crippen LogP) is 3.77. The van der Waals surface area contributed by atoms with Crippen molar-refractivity contribution in [1.82, 2.24) is 9.80 Å². The first-order chi connectivity index (χ1) is 16.0. The molecule has 3 heterocycles. The first-order valence-electron chi connectivity index (χ1n) is 12.4. The Morgan fingerprint density at radius 3 is 2.73 bits per heavy atom. The van der Waals surface area contributed by atoms with Gasteiger partial charge in [0.15, 0.2) is 11.5 Å². The highest BCUT2D eigenvalue weighted by atomic mass is 16.7. The van der Waals surface area contributed by atoms with Gasteiger partial charge in [-0.2, -0.15) is 0 Å². The third-order valence-electron chi connectivity index (χ3n) is 8.46. The predicted molar refractivity (Wildman–Crippen MR) is 125 cm³/mol. The Kier molecular flexibility index (Phi) is 5.26. The molecule has 0 amide bonds. The molecule has 0 bridgehead atoms. The lowest BCUT2D eigenvalue weighted by molar-refractivity contribution is -0.145. The van der Waals surface area contributed by atoms with Gasteiger partial charge in [0.1, 0.15) is 6.10 Å². The number of hydrogen-bond acceptors (Lipinski definition) is 6. The molecule has 5 aliphatic rings. The molecule has 0 radical (unpaired) electrons. The van der Waals surface area contributed by atoms with Gasteiger partial charge in [-0.1, -0.05) is 30.7 Å². The lowest BCUT2D eigenvalue weighted by Gasteiger charge is -2.43. The second-order valence-corrected chi connectivity index (χ2v) is 10.7. The number of nitrogens with zero attached hydrogens (tertiary/aromatic N) is 2. The molecule has 0 aromatic heterocycles. The fourth-order valence-corrected chi connectivity index (χ4v) is 6.54. The van der Waals surface area contributed by atoms with Crippen LogP contribution >= 0.6 is 0 Å². The first kappa shape index (κ1) is 21.2. The summed E-state index contributed by atoms with van der Waals surface area (Å²) in [6.07, 6.45) is 8.08. The molecule has 1 aromatic carbocycles. The van der Waals surface area contributed by atoms with Crippen molar-refractivity contribution in [2.75, 3.05) is 39.5 Å². The Bertz CT molecular complexity index is 1010. The quantitative estimate of drug-likeness (QED) is 0.651. The van der Waals surface area contributed by atoms with Crippen molar-refractivity contribution in [2.24, 2.45) is 17.3 Å². The Morgan fingerprint density at radius 1 is 1.09 bits per heavy atom. The molecule has 1 unspecified atom stereocenters. The average Bonchev–Trinajstić information content (AvgIpc) is 3.37. The van der Waals surface area contributed by atoms with Gasteiger partial charge in [0.25, 0.3) is 0 Å². The van der Waals surface area contributed by atoms with Gasteiger partial charge in [-0.15, -0.1) is 0 Å². The summed E-state index contributed by atoms with van der Waals surface area (Å²) >= 11 is 0. The fraction of sp³-hybridized carbons (Fsp3) is 0.593. The molecule has 0 saturated carbocycles. The number of carbonyl (C=O) groups is 1. The molecular weight excluding hydrogens is 416 g/mol. The minimum absolute atomic E-state index is 0.00789. The lowest BCUT2D eigenvalue weighted by Crippen LogP contribution is -2.48. The van der Waals surface area contributed by atoms with Gasteiger partial charge in [0, 0.05) is 45.2 Å². The molecule has 0 spiro atoms. The third kappa shape index (κ3) is 3.87. The van der Waals surface area contributed by atoms with Crippen LogP contribution in [0.25, 0.3) is 0 Å². The SMILES string of the molecule is CC1=CCC[C@]2(C)C[C@H]3OC(=O)C(CN4CCN(Cc5ccc6c(c5)OCO6)CC4)[C@H]3C=C12. The number of fused-ring (bicyclic) bond motifs is 3. The van der Waals surface area contributed by atoms with Gasteiger partial charge < -0.3 is 14.2 Å². The van der Waals surface area contributed by atoms with E-state index in [1.165, 1.54) is 16.7 Å². The molecule has 4 atom stereocenters. The molecular formula is C27H34N2O4. The van der Waals surface area contributed by atoms with Crippen LogP contribution in [-0.4, -0.2) is 61.4 Å². The smallest absolute Gasteiger partial charge is 0.311 e. The standard InChI is InChI=1S/C27H34N2O4/c1-18-4-3-7-27(2)14-25-20(13-22(18)27)21(26(30)33-25)16-29-10-8-28(9-11-29)15-19-5-6-23-24(12-19)32-17-31-23/h4-6,12-13,20-21,25H,3,7-11,14-17H2,1-2H3/t20-,21?,25-,27-/m1/s1. The van der Waals surface area contributed by atoms with E-state index in [9.17, 15) is 4.79 Å². The van der Waals surface area contributed by atoms with Crippen molar-refractivity contribution in [3.8, 4) is 11.5 Å². The van der Waals surface area contributed by atoms with Crippen molar-refractivity contribution in [3.63, 3.8) is 0 Å². The monoisotopic (exact) mass is 450 g/mol. The molecule has 3 aliphatic heterocycles. The lowest BCUT2D eigenvalue weighted by atomic mass is 9.62. The van der Waals surface area contributed by atoms with Gasteiger partial charge in [0.05, 0.1) is 5.92 Å².